The van der Waals surface area contributed by atoms with Gasteiger partial charge in [0.05, 0.1) is 12.7 Å². The number of carbonyl (C=O) groups is 1. The van der Waals surface area contributed by atoms with Crippen molar-refractivity contribution in [3.63, 3.8) is 0 Å². The van der Waals surface area contributed by atoms with E-state index in [2.05, 4.69) is 36.2 Å². The number of rotatable bonds is 6. The second-order valence-corrected chi connectivity index (χ2v) is 7.40. The van der Waals surface area contributed by atoms with Gasteiger partial charge in [-0.25, -0.2) is 4.79 Å². The molecule has 4 rings (SSSR count). The van der Waals surface area contributed by atoms with Crippen molar-refractivity contribution in [2.24, 2.45) is 0 Å². The third-order valence-corrected chi connectivity index (χ3v) is 5.39. The minimum atomic E-state index is -0.347. The summed E-state index contributed by atoms with van der Waals surface area (Å²) < 4.78 is 16.9. The number of hydrogen-bond acceptors (Lipinski definition) is 5. The third kappa shape index (κ3) is 4.51. The summed E-state index contributed by atoms with van der Waals surface area (Å²) in [5.41, 5.74) is 0.515. The minimum absolute atomic E-state index is 0.136. The summed E-state index contributed by atoms with van der Waals surface area (Å²) in [6.07, 6.45) is 1.04. The topological polar surface area (TPSA) is 48.0 Å². The largest absolute Gasteiger partial charge is 0.492 e. The lowest BCUT2D eigenvalue weighted by molar-refractivity contribution is 0.0600. The number of esters is 1. The molecule has 0 aromatic heterocycles. The van der Waals surface area contributed by atoms with Gasteiger partial charge in [-0.2, -0.15) is 0 Å². The molecule has 29 heavy (non-hydrogen) atoms. The molecule has 0 radical (unpaired) electrons. The van der Waals surface area contributed by atoms with Crippen molar-refractivity contribution in [3.05, 3.63) is 72.3 Å². The zero-order valence-electron chi connectivity index (χ0n) is 16.7. The molecule has 0 unspecified atom stereocenters. The maximum absolute atomic E-state index is 11.5. The van der Waals surface area contributed by atoms with Gasteiger partial charge in [-0.1, -0.05) is 30.3 Å². The van der Waals surface area contributed by atoms with Gasteiger partial charge in [0.25, 0.3) is 0 Å². The molecule has 0 bridgehead atoms. The van der Waals surface area contributed by atoms with E-state index >= 15 is 0 Å². The molecule has 1 heterocycles. The van der Waals surface area contributed by atoms with E-state index in [1.165, 1.54) is 17.9 Å². The first kappa shape index (κ1) is 19.3. The summed E-state index contributed by atoms with van der Waals surface area (Å²) in [4.78, 5) is 13.8. The average molecular weight is 391 g/mol. The van der Waals surface area contributed by atoms with Crippen molar-refractivity contribution in [1.82, 2.24) is 4.90 Å². The first-order valence-electron chi connectivity index (χ1n) is 9.79. The quantitative estimate of drug-likeness (QED) is 0.591. The van der Waals surface area contributed by atoms with Gasteiger partial charge in [-0.3, -0.25) is 4.90 Å². The predicted octanol–water partition coefficient (Wildman–Crippen LogP) is 4.16. The van der Waals surface area contributed by atoms with Gasteiger partial charge in [0, 0.05) is 19.0 Å². The molecule has 3 aromatic rings. The summed E-state index contributed by atoms with van der Waals surface area (Å²) in [6.45, 7) is 1.44. The highest BCUT2D eigenvalue weighted by atomic mass is 16.5. The lowest BCUT2D eigenvalue weighted by Crippen LogP contribution is -2.30. The molecule has 1 aliphatic rings. The molecule has 0 aliphatic carbocycles. The molecule has 0 saturated carbocycles. The molecule has 3 aromatic carbocycles. The molecule has 1 fully saturated rings. The highest BCUT2D eigenvalue weighted by Crippen LogP contribution is 2.26. The predicted molar refractivity (Wildman–Crippen MR) is 113 cm³/mol. The SMILES string of the molecule is COC(=O)c1ccc(OC[C@@H]2C[C@H](Oc3ccc4ccccc4c3)CN2C)cc1. The zero-order valence-corrected chi connectivity index (χ0v) is 16.7. The smallest absolute Gasteiger partial charge is 0.337 e. The third-order valence-electron chi connectivity index (χ3n) is 5.39. The molecule has 0 amide bonds. The molecule has 0 spiro atoms. The van der Waals surface area contributed by atoms with E-state index in [0.29, 0.717) is 12.2 Å². The highest BCUT2D eigenvalue weighted by Gasteiger charge is 2.31. The van der Waals surface area contributed by atoms with E-state index in [9.17, 15) is 4.79 Å². The van der Waals surface area contributed by atoms with E-state index in [1.807, 2.05) is 18.2 Å². The van der Waals surface area contributed by atoms with Crippen LogP contribution in [0.15, 0.2) is 66.7 Å². The standard InChI is InChI=1S/C24H25NO4/c1-25-15-23(29-22-12-7-17-5-3-4-6-19(17)13-22)14-20(25)16-28-21-10-8-18(9-11-21)24(26)27-2/h3-13,20,23H,14-16H2,1-2H3/t20-,23-/m0/s1. The van der Waals surface area contributed by atoms with Gasteiger partial charge in [-0.15, -0.1) is 0 Å². The van der Waals surface area contributed by atoms with Gasteiger partial charge in [0.2, 0.25) is 0 Å². The van der Waals surface area contributed by atoms with Crippen LogP contribution in [0.2, 0.25) is 0 Å². The molecule has 1 aliphatic heterocycles. The van der Waals surface area contributed by atoms with Crippen LogP contribution in [0.5, 0.6) is 11.5 Å². The maximum Gasteiger partial charge on any atom is 0.337 e. The second-order valence-electron chi connectivity index (χ2n) is 7.40. The zero-order chi connectivity index (χ0) is 20.2. The van der Waals surface area contributed by atoms with Crippen LogP contribution in [0.25, 0.3) is 10.8 Å². The number of methoxy groups -OCH3 is 1. The molecular formula is C24H25NO4. The molecule has 5 nitrogen and oxygen atoms in total. The van der Waals surface area contributed by atoms with Gasteiger partial charge in [0.1, 0.15) is 24.2 Å². The van der Waals surface area contributed by atoms with Crippen molar-refractivity contribution in [3.8, 4) is 11.5 Å². The number of fused-ring (bicyclic) bond motifs is 1. The lowest BCUT2D eigenvalue weighted by Gasteiger charge is -2.19. The Balaban J connectivity index is 1.32. The van der Waals surface area contributed by atoms with Gasteiger partial charge in [0.15, 0.2) is 0 Å². The van der Waals surface area contributed by atoms with E-state index in [4.69, 9.17) is 14.2 Å². The van der Waals surface area contributed by atoms with E-state index in [1.54, 1.807) is 24.3 Å². The average Bonchev–Trinajstić information content (AvgIpc) is 3.10. The Morgan fingerprint density at radius 1 is 1.00 bits per heavy atom. The van der Waals surface area contributed by atoms with Gasteiger partial charge < -0.3 is 14.2 Å². The second kappa shape index (κ2) is 8.53. The van der Waals surface area contributed by atoms with Crippen molar-refractivity contribution >= 4 is 16.7 Å². The van der Waals surface area contributed by atoms with Crippen LogP contribution in [-0.4, -0.2) is 50.3 Å². The summed E-state index contributed by atoms with van der Waals surface area (Å²) in [7, 11) is 3.47. The van der Waals surface area contributed by atoms with E-state index < -0.39 is 0 Å². The Hall–Kier alpha value is -3.05. The van der Waals surface area contributed by atoms with Crippen LogP contribution in [0.4, 0.5) is 0 Å². The number of ether oxygens (including phenoxy) is 3. The van der Waals surface area contributed by atoms with E-state index in [-0.39, 0.29) is 18.1 Å². The van der Waals surface area contributed by atoms with Crippen LogP contribution in [0, 0.1) is 0 Å². The molecular weight excluding hydrogens is 366 g/mol. The number of likely N-dealkylation sites (tertiary alicyclic amines) is 1. The maximum atomic E-state index is 11.5. The van der Waals surface area contributed by atoms with E-state index in [0.717, 1.165) is 24.5 Å². The Morgan fingerprint density at radius 2 is 1.72 bits per heavy atom. The fourth-order valence-electron chi connectivity index (χ4n) is 3.74. The molecule has 150 valence electrons. The molecule has 1 saturated heterocycles. The van der Waals surface area contributed by atoms with Crippen molar-refractivity contribution in [2.75, 3.05) is 27.3 Å². The minimum Gasteiger partial charge on any atom is -0.492 e. The Bertz CT molecular complexity index is 986. The van der Waals surface area contributed by atoms with Crippen molar-refractivity contribution in [1.29, 1.82) is 0 Å². The number of benzene rings is 3. The molecule has 5 heteroatoms. The Labute approximate surface area is 170 Å². The van der Waals surface area contributed by atoms with Crippen LogP contribution in [0.3, 0.4) is 0 Å². The normalized spacial score (nSPS) is 19.2. The number of likely N-dealkylation sites (N-methyl/N-ethyl adjacent to an activating group) is 1. The Kier molecular flexibility index (Phi) is 5.67. The van der Waals surface area contributed by atoms with Crippen LogP contribution >= 0.6 is 0 Å². The summed E-state index contributed by atoms with van der Waals surface area (Å²) >= 11 is 0. The number of nitrogens with zero attached hydrogens (tertiary/aromatic N) is 1. The van der Waals surface area contributed by atoms with Crippen molar-refractivity contribution in [2.45, 2.75) is 18.6 Å². The molecule has 2 atom stereocenters. The first-order chi connectivity index (χ1) is 14.1. The Morgan fingerprint density at radius 3 is 2.48 bits per heavy atom. The van der Waals surface area contributed by atoms with Crippen molar-refractivity contribution < 1.29 is 19.0 Å². The van der Waals surface area contributed by atoms with Crippen LogP contribution in [0.1, 0.15) is 16.8 Å². The fraction of sp³-hybridized carbons (Fsp3) is 0.292. The number of hydrogen-bond donors (Lipinski definition) is 0. The monoisotopic (exact) mass is 391 g/mol. The summed E-state index contributed by atoms with van der Waals surface area (Å²) in [5, 5.41) is 2.40. The number of carbonyl (C=O) groups excluding carboxylic acids is 1. The fourth-order valence-corrected chi connectivity index (χ4v) is 3.74. The highest BCUT2D eigenvalue weighted by molar-refractivity contribution is 5.89. The van der Waals surface area contributed by atoms with Crippen LogP contribution < -0.4 is 9.47 Å². The summed E-state index contributed by atoms with van der Waals surface area (Å²) in [6, 6.07) is 21.8. The lowest BCUT2D eigenvalue weighted by atomic mass is 10.1. The van der Waals surface area contributed by atoms with Crippen LogP contribution in [-0.2, 0) is 4.74 Å². The van der Waals surface area contributed by atoms with Gasteiger partial charge >= 0.3 is 5.97 Å². The van der Waals surface area contributed by atoms with Gasteiger partial charge in [-0.05, 0) is 54.2 Å². The molecule has 0 N–H and O–H groups in total. The summed E-state index contributed by atoms with van der Waals surface area (Å²) in [5.74, 6) is 1.30. The first-order valence-corrected chi connectivity index (χ1v) is 9.79.